The monoisotopic (exact) mass is 313 g/mol. The first kappa shape index (κ1) is 15.7. The molecule has 1 fully saturated rings. The van der Waals surface area contributed by atoms with E-state index in [0.29, 0.717) is 12.2 Å². The summed E-state index contributed by atoms with van der Waals surface area (Å²) < 4.78 is 26.5. The van der Waals surface area contributed by atoms with Crippen molar-refractivity contribution in [3.63, 3.8) is 0 Å². The van der Waals surface area contributed by atoms with Crippen LogP contribution in [0.15, 0.2) is 23.1 Å². The number of rotatable bonds is 7. The van der Waals surface area contributed by atoms with Gasteiger partial charge < -0.3 is 5.32 Å². The van der Waals surface area contributed by atoms with Crippen LogP contribution in [-0.2, 0) is 10.0 Å². The van der Waals surface area contributed by atoms with E-state index in [0.717, 1.165) is 19.3 Å². The lowest BCUT2D eigenvalue weighted by Crippen LogP contribution is -2.29. The Kier molecular flexibility index (Phi) is 4.48. The fourth-order valence-corrected chi connectivity index (χ4v) is 3.61. The molecule has 7 nitrogen and oxygen atoms in total. The molecule has 21 heavy (non-hydrogen) atoms. The minimum absolute atomic E-state index is 0.0456. The molecule has 116 valence electrons. The van der Waals surface area contributed by atoms with Gasteiger partial charge in [0, 0.05) is 31.8 Å². The largest absolute Gasteiger partial charge is 0.384 e. The summed E-state index contributed by atoms with van der Waals surface area (Å²) in [6.45, 7) is 2.49. The summed E-state index contributed by atoms with van der Waals surface area (Å²) in [5.41, 5.74) is 0.167. The molecule has 0 heterocycles. The Bertz CT molecular complexity index is 641. The molecule has 0 amide bonds. The molecule has 1 N–H and O–H groups in total. The minimum Gasteiger partial charge on any atom is -0.384 e. The summed E-state index contributed by atoms with van der Waals surface area (Å²) in [5, 5.41) is 13.8. The van der Waals surface area contributed by atoms with Gasteiger partial charge in [0.1, 0.15) is 4.90 Å². The van der Waals surface area contributed by atoms with Crippen LogP contribution in [0.3, 0.4) is 0 Å². The summed E-state index contributed by atoms with van der Waals surface area (Å²) in [6.07, 6.45) is 2.52. The topological polar surface area (TPSA) is 92.5 Å². The summed E-state index contributed by atoms with van der Waals surface area (Å²) in [4.78, 5) is 10.4. The van der Waals surface area contributed by atoms with Crippen molar-refractivity contribution < 1.29 is 13.3 Å². The maximum atomic E-state index is 12.6. The van der Waals surface area contributed by atoms with Crippen LogP contribution >= 0.6 is 0 Å². The summed E-state index contributed by atoms with van der Waals surface area (Å²) in [5.74, 6) is 0. The highest BCUT2D eigenvalue weighted by Crippen LogP contribution is 2.34. The van der Waals surface area contributed by atoms with Crippen molar-refractivity contribution in [1.29, 1.82) is 0 Å². The lowest BCUT2D eigenvalue weighted by atomic mass is 10.2. The number of nitro groups is 1. The van der Waals surface area contributed by atoms with E-state index < -0.39 is 14.9 Å². The second-order valence-electron chi connectivity index (χ2n) is 5.12. The highest BCUT2D eigenvalue weighted by Gasteiger charge is 2.36. The third-order valence-electron chi connectivity index (χ3n) is 3.46. The Morgan fingerprint density at radius 2 is 2.10 bits per heavy atom. The standard InChI is InChI=1S/C13H19N3O4S/c1-3-8-14-12-9-11(16(17)18)6-7-13(12)21(19,20)15(2)10-4-5-10/h6-7,9-10,14H,3-5,8H2,1-2H3. The van der Waals surface area contributed by atoms with E-state index in [1.807, 2.05) is 6.92 Å². The Hall–Kier alpha value is -1.67. The maximum absolute atomic E-state index is 12.6. The molecular formula is C13H19N3O4S. The number of non-ortho nitro benzene ring substituents is 1. The molecular weight excluding hydrogens is 294 g/mol. The Morgan fingerprint density at radius 1 is 1.43 bits per heavy atom. The number of hydrogen-bond donors (Lipinski definition) is 1. The van der Waals surface area contributed by atoms with Gasteiger partial charge in [-0.05, 0) is 25.3 Å². The van der Waals surface area contributed by atoms with E-state index in [1.54, 1.807) is 7.05 Å². The van der Waals surface area contributed by atoms with Gasteiger partial charge in [0.15, 0.2) is 0 Å². The molecule has 1 saturated carbocycles. The second-order valence-corrected chi connectivity index (χ2v) is 7.08. The van der Waals surface area contributed by atoms with Crippen molar-refractivity contribution in [2.75, 3.05) is 18.9 Å². The first-order chi connectivity index (χ1) is 9.87. The number of nitro benzene ring substituents is 1. The van der Waals surface area contributed by atoms with Crippen LogP contribution in [0.25, 0.3) is 0 Å². The van der Waals surface area contributed by atoms with Gasteiger partial charge in [-0.2, -0.15) is 4.31 Å². The van der Waals surface area contributed by atoms with Crippen LogP contribution in [0.5, 0.6) is 0 Å². The number of sulfonamides is 1. The van der Waals surface area contributed by atoms with Gasteiger partial charge in [0.2, 0.25) is 10.0 Å². The van der Waals surface area contributed by atoms with Gasteiger partial charge in [-0.1, -0.05) is 6.92 Å². The molecule has 0 aliphatic heterocycles. The van der Waals surface area contributed by atoms with Crippen molar-refractivity contribution in [1.82, 2.24) is 4.31 Å². The number of hydrogen-bond acceptors (Lipinski definition) is 5. The minimum atomic E-state index is -3.63. The molecule has 0 saturated heterocycles. The molecule has 2 rings (SSSR count). The highest BCUT2D eigenvalue weighted by molar-refractivity contribution is 7.89. The van der Waals surface area contributed by atoms with Crippen LogP contribution < -0.4 is 5.32 Å². The molecule has 0 aromatic heterocycles. The number of nitrogens with one attached hydrogen (secondary N) is 1. The number of anilines is 1. The molecule has 8 heteroatoms. The third-order valence-corrected chi connectivity index (χ3v) is 5.43. The molecule has 1 aliphatic carbocycles. The molecule has 0 bridgehead atoms. The first-order valence-electron chi connectivity index (χ1n) is 6.88. The molecule has 0 radical (unpaired) electrons. The van der Waals surface area contributed by atoms with Crippen molar-refractivity contribution in [2.24, 2.45) is 0 Å². The fraction of sp³-hybridized carbons (Fsp3) is 0.538. The zero-order valence-electron chi connectivity index (χ0n) is 12.1. The van der Waals surface area contributed by atoms with Crippen LogP contribution in [0.2, 0.25) is 0 Å². The van der Waals surface area contributed by atoms with Gasteiger partial charge in [-0.15, -0.1) is 0 Å². The van der Waals surface area contributed by atoms with Crippen LogP contribution in [0, 0.1) is 10.1 Å². The fourth-order valence-electron chi connectivity index (χ4n) is 2.04. The SMILES string of the molecule is CCCNc1cc([N+](=O)[O-])ccc1S(=O)(=O)N(C)C1CC1. The molecule has 0 unspecified atom stereocenters. The van der Waals surface area contributed by atoms with Crippen LogP contribution in [0.1, 0.15) is 26.2 Å². The van der Waals surface area contributed by atoms with E-state index in [1.165, 1.54) is 22.5 Å². The zero-order chi connectivity index (χ0) is 15.6. The summed E-state index contributed by atoms with van der Waals surface area (Å²) >= 11 is 0. The average Bonchev–Trinajstić information content (AvgIpc) is 3.28. The van der Waals surface area contributed by atoms with Crippen molar-refractivity contribution in [2.45, 2.75) is 37.1 Å². The number of nitrogens with zero attached hydrogens (tertiary/aromatic N) is 2. The predicted octanol–water partition coefficient (Wildman–Crippen LogP) is 2.20. The van der Waals surface area contributed by atoms with Gasteiger partial charge in [-0.3, -0.25) is 10.1 Å². The zero-order valence-corrected chi connectivity index (χ0v) is 12.9. The lowest BCUT2D eigenvalue weighted by Gasteiger charge is -2.19. The maximum Gasteiger partial charge on any atom is 0.271 e. The average molecular weight is 313 g/mol. The summed E-state index contributed by atoms with van der Waals surface area (Å²) in [6, 6.07) is 3.86. The predicted molar refractivity (Wildman–Crippen MR) is 79.8 cm³/mol. The summed E-state index contributed by atoms with van der Waals surface area (Å²) in [7, 11) is -2.08. The smallest absolute Gasteiger partial charge is 0.271 e. The van der Waals surface area contributed by atoms with E-state index in [9.17, 15) is 18.5 Å². The Balaban J connectivity index is 2.43. The van der Waals surface area contributed by atoms with Crippen molar-refractivity contribution in [3.8, 4) is 0 Å². The molecule has 1 aromatic rings. The normalized spacial score (nSPS) is 15.2. The number of benzene rings is 1. The quantitative estimate of drug-likeness (QED) is 0.615. The molecule has 1 aliphatic rings. The van der Waals surface area contributed by atoms with Crippen LogP contribution in [0.4, 0.5) is 11.4 Å². The van der Waals surface area contributed by atoms with Crippen molar-refractivity contribution in [3.05, 3.63) is 28.3 Å². The van der Waals surface area contributed by atoms with Crippen molar-refractivity contribution >= 4 is 21.4 Å². The van der Waals surface area contributed by atoms with Crippen LogP contribution in [-0.4, -0.2) is 37.3 Å². The van der Waals surface area contributed by atoms with E-state index in [-0.39, 0.29) is 16.6 Å². The van der Waals surface area contributed by atoms with Gasteiger partial charge in [0.25, 0.3) is 5.69 Å². The lowest BCUT2D eigenvalue weighted by molar-refractivity contribution is -0.384. The van der Waals surface area contributed by atoms with Gasteiger partial charge >= 0.3 is 0 Å². The highest BCUT2D eigenvalue weighted by atomic mass is 32.2. The van der Waals surface area contributed by atoms with Gasteiger partial charge in [-0.25, -0.2) is 8.42 Å². The van der Waals surface area contributed by atoms with E-state index in [2.05, 4.69) is 5.32 Å². The Morgan fingerprint density at radius 3 is 2.62 bits per heavy atom. The van der Waals surface area contributed by atoms with E-state index >= 15 is 0 Å². The van der Waals surface area contributed by atoms with Gasteiger partial charge in [0.05, 0.1) is 10.6 Å². The van der Waals surface area contributed by atoms with E-state index in [4.69, 9.17) is 0 Å². The molecule has 1 aromatic carbocycles. The molecule has 0 spiro atoms. The third kappa shape index (κ3) is 3.33. The second kappa shape index (κ2) is 5.98. The Labute approximate surface area is 124 Å². The molecule has 0 atom stereocenters. The first-order valence-corrected chi connectivity index (χ1v) is 8.32.